The Morgan fingerprint density at radius 3 is 2.22 bits per heavy atom. The number of fused-ring (bicyclic) bond motifs is 1. The fourth-order valence-corrected chi connectivity index (χ4v) is 6.59. The molecule has 3 aromatic rings. The normalized spacial score (nSPS) is 24.3. The Balaban J connectivity index is 1.20. The Morgan fingerprint density at radius 2 is 1.54 bits per heavy atom. The second-order valence-corrected chi connectivity index (χ2v) is 11.4. The van der Waals surface area contributed by atoms with Crippen molar-refractivity contribution in [2.45, 2.75) is 96.3 Å². The van der Waals surface area contributed by atoms with Crippen LogP contribution >= 0.6 is 0 Å². The number of aryl methyl sites for hydroxylation is 1. The summed E-state index contributed by atoms with van der Waals surface area (Å²) in [6, 6.07) is 14.4. The summed E-state index contributed by atoms with van der Waals surface area (Å²) in [7, 11) is 0. The van der Waals surface area contributed by atoms with Crippen LogP contribution in [0.15, 0.2) is 51.7 Å². The van der Waals surface area contributed by atoms with Crippen LogP contribution in [0, 0.1) is 17.7 Å². The molecule has 0 atom stereocenters. The number of hydrogen-bond donors (Lipinski definition) is 0. The molecule has 37 heavy (non-hydrogen) atoms. The SMILES string of the molecule is CCCC1CCC(c2cc3ccc(OCC4CCC(c5ccc(CC)cc5)CC4)c(F)c3c(=O)o2)CC1. The summed E-state index contributed by atoms with van der Waals surface area (Å²) in [6.07, 6.45) is 12.4. The molecule has 3 nitrogen and oxygen atoms in total. The van der Waals surface area contributed by atoms with Crippen LogP contribution in [0.4, 0.5) is 4.39 Å². The van der Waals surface area contributed by atoms with E-state index in [-0.39, 0.29) is 17.1 Å². The zero-order chi connectivity index (χ0) is 25.8. The lowest BCUT2D eigenvalue weighted by molar-refractivity contribution is 0.194. The number of benzene rings is 2. The van der Waals surface area contributed by atoms with E-state index >= 15 is 4.39 Å². The minimum absolute atomic E-state index is 0.0140. The molecule has 2 saturated carbocycles. The van der Waals surface area contributed by atoms with Crippen molar-refractivity contribution in [3.63, 3.8) is 0 Å². The van der Waals surface area contributed by atoms with Gasteiger partial charge in [0.2, 0.25) is 0 Å². The van der Waals surface area contributed by atoms with E-state index in [1.165, 1.54) is 36.8 Å². The average Bonchev–Trinajstić information content (AvgIpc) is 2.93. The van der Waals surface area contributed by atoms with Gasteiger partial charge < -0.3 is 9.15 Å². The Morgan fingerprint density at radius 1 is 0.865 bits per heavy atom. The van der Waals surface area contributed by atoms with E-state index in [1.807, 2.05) is 12.1 Å². The second kappa shape index (κ2) is 11.8. The summed E-state index contributed by atoms with van der Waals surface area (Å²) in [6.45, 7) is 4.90. The molecule has 0 unspecified atom stereocenters. The van der Waals surface area contributed by atoms with Gasteiger partial charge in [-0.15, -0.1) is 0 Å². The smallest absolute Gasteiger partial charge is 0.346 e. The predicted molar refractivity (Wildman–Crippen MR) is 148 cm³/mol. The fourth-order valence-electron chi connectivity index (χ4n) is 6.59. The van der Waals surface area contributed by atoms with Crippen molar-refractivity contribution in [3.8, 4) is 5.75 Å². The maximum atomic E-state index is 15.4. The lowest BCUT2D eigenvalue weighted by Gasteiger charge is -2.29. The van der Waals surface area contributed by atoms with Gasteiger partial charge in [0.15, 0.2) is 11.6 Å². The van der Waals surface area contributed by atoms with Crippen LogP contribution in [0.2, 0.25) is 0 Å². The van der Waals surface area contributed by atoms with Crippen molar-refractivity contribution in [2.24, 2.45) is 11.8 Å². The molecule has 0 saturated heterocycles. The quantitative estimate of drug-likeness (QED) is 0.307. The van der Waals surface area contributed by atoms with Gasteiger partial charge in [-0.1, -0.05) is 57.0 Å². The molecule has 0 N–H and O–H groups in total. The molecule has 0 bridgehead atoms. The zero-order valence-electron chi connectivity index (χ0n) is 22.4. The molecule has 0 radical (unpaired) electrons. The molecule has 4 heteroatoms. The number of ether oxygens (including phenoxy) is 1. The minimum Gasteiger partial charge on any atom is -0.490 e. The van der Waals surface area contributed by atoms with E-state index in [1.54, 1.807) is 6.07 Å². The van der Waals surface area contributed by atoms with E-state index in [2.05, 4.69) is 38.1 Å². The summed E-state index contributed by atoms with van der Waals surface area (Å²) < 4.78 is 27.0. The van der Waals surface area contributed by atoms with Gasteiger partial charge in [-0.3, -0.25) is 0 Å². The highest BCUT2D eigenvalue weighted by atomic mass is 19.1. The van der Waals surface area contributed by atoms with E-state index in [0.717, 1.165) is 50.9 Å². The molecule has 1 aromatic heterocycles. The van der Waals surface area contributed by atoms with Gasteiger partial charge in [0, 0.05) is 5.92 Å². The maximum absolute atomic E-state index is 15.4. The molecule has 2 aromatic carbocycles. The van der Waals surface area contributed by atoms with Crippen molar-refractivity contribution in [2.75, 3.05) is 6.61 Å². The highest BCUT2D eigenvalue weighted by Gasteiger charge is 2.26. The summed E-state index contributed by atoms with van der Waals surface area (Å²) in [5, 5.41) is 0.626. The lowest BCUT2D eigenvalue weighted by atomic mass is 9.79. The Hall–Kier alpha value is -2.62. The van der Waals surface area contributed by atoms with Crippen LogP contribution in [0.1, 0.15) is 107 Å². The number of rotatable bonds is 8. The van der Waals surface area contributed by atoms with E-state index in [4.69, 9.17) is 9.15 Å². The van der Waals surface area contributed by atoms with E-state index < -0.39 is 11.4 Å². The van der Waals surface area contributed by atoms with Crippen molar-refractivity contribution < 1.29 is 13.5 Å². The first-order chi connectivity index (χ1) is 18.1. The van der Waals surface area contributed by atoms with Crippen LogP contribution in [0.3, 0.4) is 0 Å². The Labute approximate surface area is 220 Å². The van der Waals surface area contributed by atoms with Crippen molar-refractivity contribution in [1.82, 2.24) is 0 Å². The van der Waals surface area contributed by atoms with Gasteiger partial charge >= 0.3 is 5.63 Å². The van der Waals surface area contributed by atoms with Gasteiger partial charge in [0.1, 0.15) is 11.1 Å². The largest absolute Gasteiger partial charge is 0.490 e. The predicted octanol–water partition coefficient (Wildman–Crippen LogP) is 8.92. The summed E-state index contributed by atoms with van der Waals surface area (Å²) >= 11 is 0. The van der Waals surface area contributed by atoms with Crippen molar-refractivity contribution in [1.29, 1.82) is 0 Å². The minimum atomic E-state index is -0.589. The number of halogens is 1. The van der Waals surface area contributed by atoms with Gasteiger partial charge in [-0.2, -0.15) is 0 Å². The third-order valence-electron chi connectivity index (χ3n) is 8.98. The van der Waals surface area contributed by atoms with Gasteiger partial charge in [-0.25, -0.2) is 9.18 Å². The van der Waals surface area contributed by atoms with E-state index in [9.17, 15) is 4.79 Å². The third-order valence-corrected chi connectivity index (χ3v) is 8.98. The van der Waals surface area contributed by atoms with Crippen LogP contribution in [0.25, 0.3) is 10.8 Å². The molecule has 5 rings (SSSR count). The first-order valence-corrected chi connectivity index (χ1v) is 14.5. The molecule has 2 fully saturated rings. The average molecular weight is 505 g/mol. The van der Waals surface area contributed by atoms with E-state index in [0.29, 0.717) is 29.6 Å². The molecule has 1 heterocycles. The molecule has 2 aliphatic rings. The van der Waals surface area contributed by atoms with Crippen LogP contribution in [0.5, 0.6) is 5.75 Å². The van der Waals surface area contributed by atoms with Gasteiger partial charge in [0.25, 0.3) is 0 Å². The van der Waals surface area contributed by atoms with Crippen LogP contribution < -0.4 is 10.4 Å². The molecule has 0 aliphatic heterocycles. The van der Waals surface area contributed by atoms with Crippen LogP contribution in [-0.4, -0.2) is 6.61 Å². The molecule has 198 valence electrons. The Kier molecular flexibility index (Phi) is 8.32. The summed E-state index contributed by atoms with van der Waals surface area (Å²) in [5.41, 5.74) is 2.22. The van der Waals surface area contributed by atoms with Crippen molar-refractivity contribution in [3.05, 3.63) is 75.6 Å². The standard InChI is InChI=1S/C33H41FO3/c1-3-5-23-8-16-27(17-9-23)30-20-28-18-19-29(32(34)31(28)33(35)37-30)36-21-24-10-14-26(15-11-24)25-12-6-22(4-2)7-13-25/h6-7,12-13,18-20,23-24,26-27H,3-5,8-11,14-17,21H2,1-2H3. The monoisotopic (exact) mass is 504 g/mol. The molecular weight excluding hydrogens is 463 g/mol. The summed E-state index contributed by atoms with van der Waals surface area (Å²) in [4.78, 5) is 12.8. The van der Waals surface area contributed by atoms with Gasteiger partial charge in [-0.05, 0) is 104 Å². The topological polar surface area (TPSA) is 39.4 Å². The van der Waals surface area contributed by atoms with Crippen LogP contribution in [-0.2, 0) is 6.42 Å². The molecule has 0 amide bonds. The highest BCUT2D eigenvalue weighted by Crippen LogP contribution is 2.39. The highest BCUT2D eigenvalue weighted by molar-refractivity contribution is 5.83. The molecular formula is C33H41FO3. The summed E-state index contributed by atoms with van der Waals surface area (Å²) in [5.74, 6) is 2.32. The van der Waals surface area contributed by atoms with Crippen molar-refractivity contribution >= 4 is 10.8 Å². The third kappa shape index (κ3) is 5.94. The Bertz CT molecular complexity index is 1230. The molecule has 0 spiro atoms. The van der Waals surface area contributed by atoms with Gasteiger partial charge in [0.05, 0.1) is 6.61 Å². The second-order valence-electron chi connectivity index (χ2n) is 11.4. The maximum Gasteiger partial charge on any atom is 0.346 e. The first-order valence-electron chi connectivity index (χ1n) is 14.5. The number of hydrogen-bond acceptors (Lipinski definition) is 3. The lowest BCUT2D eigenvalue weighted by Crippen LogP contribution is -2.20. The first kappa shape index (κ1) is 26.0. The molecule has 2 aliphatic carbocycles. The fraction of sp³-hybridized carbons (Fsp3) is 0.545. The zero-order valence-corrected chi connectivity index (χ0v) is 22.4.